The van der Waals surface area contributed by atoms with Crippen molar-refractivity contribution < 1.29 is 58.3 Å². The predicted molar refractivity (Wildman–Crippen MR) is 128 cm³/mol. The standard InChI is InChI=1S/C26H30O12/c1-17-11-9-13-21(19(17)3)23(27)33-37-35-25(29)31-15-7-5-6-8-16-32-26(30)36-38-34-24(28)22-14-10-12-18(2)20(22)4/h9-14H,5-8,15-16H2,1-4H3. The van der Waals surface area contributed by atoms with Gasteiger partial charge in [-0.25, -0.2) is 29.0 Å². The molecule has 38 heavy (non-hydrogen) atoms. The third-order valence-electron chi connectivity index (χ3n) is 5.55. The second kappa shape index (κ2) is 15.8. The molecule has 0 aromatic heterocycles. The first-order chi connectivity index (χ1) is 18.2. The first-order valence-corrected chi connectivity index (χ1v) is 11.8. The van der Waals surface area contributed by atoms with Crippen molar-refractivity contribution in [2.45, 2.75) is 53.4 Å². The summed E-state index contributed by atoms with van der Waals surface area (Å²) in [4.78, 5) is 64.2. The molecule has 0 aliphatic carbocycles. The van der Waals surface area contributed by atoms with E-state index in [2.05, 4.69) is 29.6 Å². The summed E-state index contributed by atoms with van der Waals surface area (Å²) in [6.07, 6.45) is -0.0272. The van der Waals surface area contributed by atoms with Gasteiger partial charge in [0.05, 0.1) is 34.4 Å². The molecule has 2 aromatic rings. The maximum absolute atomic E-state index is 11.9. The van der Waals surface area contributed by atoms with Crippen LogP contribution in [0, 0.1) is 27.7 Å². The fraction of sp³-hybridized carbons (Fsp3) is 0.385. The van der Waals surface area contributed by atoms with E-state index in [9.17, 15) is 19.2 Å². The lowest BCUT2D eigenvalue weighted by Crippen LogP contribution is -2.14. The van der Waals surface area contributed by atoms with Gasteiger partial charge in [0.25, 0.3) is 0 Å². The van der Waals surface area contributed by atoms with Gasteiger partial charge in [0.1, 0.15) is 0 Å². The molecule has 0 atom stereocenters. The summed E-state index contributed by atoms with van der Waals surface area (Å²) in [5, 5.41) is 8.38. The normalized spacial score (nSPS) is 10.3. The maximum Gasteiger partial charge on any atom is 0.543 e. The van der Waals surface area contributed by atoms with Crippen molar-refractivity contribution in [2.75, 3.05) is 13.2 Å². The van der Waals surface area contributed by atoms with Crippen LogP contribution in [0.15, 0.2) is 36.4 Å². The van der Waals surface area contributed by atoms with Crippen molar-refractivity contribution in [2.24, 2.45) is 0 Å². The lowest BCUT2D eigenvalue weighted by atomic mass is 10.0. The van der Waals surface area contributed by atoms with Gasteiger partial charge in [-0.1, -0.05) is 24.3 Å². The summed E-state index contributed by atoms with van der Waals surface area (Å²) in [7, 11) is 0. The average Bonchev–Trinajstić information content (AvgIpc) is 2.88. The van der Waals surface area contributed by atoms with Crippen LogP contribution in [0.5, 0.6) is 0 Å². The Morgan fingerprint density at radius 1 is 0.553 bits per heavy atom. The molecule has 2 aromatic carbocycles. The van der Waals surface area contributed by atoms with Crippen LogP contribution in [0.3, 0.4) is 0 Å². The summed E-state index contributed by atoms with van der Waals surface area (Å²) >= 11 is 0. The number of rotatable bonds is 13. The smallest absolute Gasteiger partial charge is 0.432 e. The van der Waals surface area contributed by atoms with Gasteiger partial charge in [-0.3, -0.25) is 9.78 Å². The number of hydrogen-bond acceptors (Lipinski definition) is 12. The second-order valence-electron chi connectivity index (χ2n) is 8.15. The Kier molecular flexibility index (Phi) is 12.5. The molecule has 0 heterocycles. The van der Waals surface area contributed by atoms with E-state index >= 15 is 0 Å². The first kappa shape index (κ1) is 30.1. The Morgan fingerprint density at radius 2 is 0.947 bits per heavy atom. The van der Waals surface area contributed by atoms with Crippen LogP contribution in [0.1, 0.15) is 68.7 Å². The third-order valence-corrected chi connectivity index (χ3v) is 5.55. The van der Waals surface area contributed by atoms with E-state index in [4.69, 9.17) is 9.47 Å². The lowest BCUT2D eigenvalue weighted by Gasteiger charge is -2.07. The fourth-order valence-electron chi connectivity index (χ4n) is 3.10. The van der Waals surface area contributed by atoms with E-state index in [0.29, 0.717) is 36.8 Å². The monoisotopic (exact) mass is 534 g/mol. The topological polar surface area (TPSA) is 142 Å². The molecule has 0 unspecified atom stereocenters. The molecule has 0 N–H and O–H groups in total. The van der Waals surface area contributed by atoms with Crippen molar-refractivity contribution in [3.05, 3.63) is 69.8 Å². The number of unbranched alkanes of at least 4 members (excludes halogenated alkanes) is 3. The lowest BCUT2D eigenvalue weighted by molar-refractivity contribution is -0.452. The Balaban J connectivity index is 1.45. The highest BCUT2D eigenvalue weighted by Crippen LogP contribution is 2.15. The van der Waals surface area contributed by atoms with Crippen LogP contribution < -0.4 is 0 Å². The summed E-state index contributed by atoms with van der Waals surface area (Å²) < 4.78 is 9.57. The Hall–Kier alpha value is -4.16. The molecule has 0 fully saturated rings. The van der Waals surface area contributed by atoms with Gasteiger partial charge in [0, 0.05) is 0 Å². The molecular formula is C26H30O12. The number of aryl methyl sites for hydroxylation is 2. The average molecular weight is 535 g/mol. The molecule has 0 saturated heterocycles. The van der Waals surface area contributed by atoms with Gasteiger partial charge in [0.15, 0.2) is 0 Å². The van der Waals surface area contributed by atoms with Crippen LogP contribution in [0.25, 0.3) is 0 Å². The Labute approximate surface area is 219 Å². The maximum atomic E-state index is 11.9. The molecule has 0 aliphatic heterocycles. The highest BCUT2D eigenvalue weighted by Gasteiger charge is 2.16. The molecule has 206 valence electrons. The zero-order valence-corrected chi connectivity index (χ0v) is 21.6. The van der Waals surface area contributed by atoms with E-state index in [-0.39, 0.29) is 24.3 Å². The zero-order valence-electron chi connectivity index (χ0n) is 21.6. The van der Waals surface area contributed by atoms with E-state index in [1.165, 1.54) is 0 Å². The molecule has 0 bridgehead atoms. The largest absolute Gasteiger partial charge is 0.543 e. The van der Waals surface area contributed by atoms with Crippen molar-refractivity contribution in [3.8, 4) is 0 Å². The van der Waals surface area contributed by atoms with Crippen molar-refractivity contribution in [1.29, 1.82) is 0 Å². The zero-order chi connectivity index (χ0) is 27.9. The van der Waals surface area contributed by atoms with Crippen LogP contribution >= 0.6 is 0 Å². The Bertz CT molecular complexity index is 1020. The molecule has 0 saturated carbocycles. The summed E-state index contributed by atoms with van der Waals surface area (Å²) in [6, 6.07) is 10.2. The number of benzene rings is 2. The van der Waals surface area contributed by atoms with Gasteiger partial charge in [-0.05, 0) is 87.8 Å². The van der Waals surface area contributed by atoms with Crippen LogP contribution in [-0.4, -0.2) is 37.5 Å². The predicted octanol–water partition coefficient (Wildman–Crippen LogP) is 5.49. The van der Waals surface area contributed by atoms with Gasteiger partial charge in [-0.2, -0.15) is 0 Å². The summed E-state index contributed by atoms with van der Waals surface area (Å²) in [5.41, 5.74) is 3.79. The minimum atomic E-state index is -1.16. The molecule has 2 rings (SSSR count). The summed E-state index contributed by atoms with van der Waals surface area (Å²) in [5.74, 6) is -1.62. The van der Waals surface area contributed by atoms with Crippen LogP contribution in [-0.2, 0) is 39.1 Å². The molecule has 0 amide bonds. The van der Waals surface area contributed by atoms with E-state index in [0.717, 1.165) is 11.1 Å². The molecule has 12 nitrogen and oxygen atoms in total. The van der Waals surface area contributed by atoms with Gasteiger partial charge in [0.2, 0.25) is 0 Å². The molecule has 0 radical (unpaired) electrons. The number of ether oxygens (including phenoxy) is 2. The number of carbonyl (C=O) groups excluding carboxylic acids is 4. The fourth-order valence-corrected chi connectivity index (χ4v) is 3.10. The minimum absolute atomic E-state index is 0.0373. The van der Waals surface area contributed by atoms with Crippen molar-refractivity contribution >= 4 is 24.2 Å². The summed E-state index contributed by atoms with van der Waals surface area (Å²) in [6.45, 7) is 7.26. The quantitative estimate of drug-likeness (QED) is 0.139. The number of carbonyl (C=O) groups is 4. The van der Waals surface area contributed by atoms with Gasteiger partial charge >= 0.3 is 24.2 Å². The van der Waals surface area contributed by atoms with E-state index < -0.39 is 24.2 Å². The molecular weight excluding hydrogens is 504 g/mol. The highest BCUT2D eigenvalue weighted by molar-refractivity contribution is 5.91. The van der Waals surface area contributed by atoms with Crippen LogP contribution in [0.2, 0.25) is 0 Å². The second-order valence-corrected chi connectivity index (χ2v) is 8.15. The van der Waals surface area contributed by atoms with Crippen LogP contribution in [0.4, 0.5) is 9.59 Å². The highest BCUT2D eigenvalue weighted by atomic mass is 17.5. The van der Waals surface area contributed by atoms with Gasteiger partial charge < -0.3 is 9.47 Å². The first-order valence-electron chi connectivity index (χ1n) is 11.8. The number of hydrogen-bond donors (Lipinski definition) is 0. The van der Waals surface area contributed by atoms with Crippen molar-refractivity contribution in [1.82, 2.24) is 0 Å². The van der Waals surface area contributed by atoms with Gasteiger partial charge in [-0.15, -0.1) is 0 Å². The molecule has 0 aliphatic rings. The van der Waals surface area contributed by atoms with E-state index in [1.54, 1.807) is 38.1 Å². The van der Waals surface area contributed by atoms with Crippen molar-refractivity contribution in [3.63, 3.8) is 0 Å². The molecule has 12 heteroatoms. The minimum Gasteiger partial charge on any atom is -0.432 e. The molecule has 0 spiro atoms. The third kappa shape index (κ3) is 10.1. The SMILES string of the molecule is Cc1cccc(C(=O)OOOC(=O)OCCCCCCOC(=O)OOOC(=O)c2cccc(C)c2C)c1C. The Morgan fingerprint density at radius 3 is 1.34 bits per heavy atom. The van der Waals surface area contributed by atoms with E-state index in [1.807, 2.05) is 26.0 Å².